The average molecular weight is 347 g/mol. The van der Waals surface area contributed by atoms with E-state index in [2.05, 4.69) is 5.32 Å². The third-order valence-electron chi connectivity index (χ3n) is 4.03. The third kappa shape index (κ3) is 4.95. The maximum Gasteiger partial charge on any atom is 0.239 e. The first-order valence-corrected chi connectivity index (χ1v) is 8.63. The largest absolute Gasteiger partial charge is 0.490 e. The Morgan fingerprint density at radius 3 is 2.68 bits per heavy atom. The lowest BCUT2D eigenvalue weighted by atomic mass is 10.2. The summed E-state index contributed by atoms with van der Waals surface area (Å²) in [6.45, 7) is 5.54. The number of carbonyl (C=O) groups excluding carboxylic acids is 3. The van der Waals surface area contributed by atoms with Gasteiger partial charge in [0.25, 0.3) is 0 Å². The second-order valence-corrected chi connectivity index (χ2v) is 5.72. The number of carbonyl (C=O) groups is 3. The van der Waals surface area contributed by atoms with Gasteiger partial charge in [-0.15, -0.1) is 0 Å². The first-order valence-electron chi connectivity index (χ1n) is 8.63. The number of nitrogens with zero attached hydrogens (tertiary/aromatic N) is 2. The first-order chi connectivity index (χ1) is 12.1. The molecule has 0 atom stereocenters. The van der Waals surface area contributed by atoms with Gasteiger partial charge in [0.15, 0.2) is 0 Å². The van der Waals surface area contributed by atoms with Gasteiger partial charge in [-0.05, 0) is 26.0 Å². The molecule has 0 aromatic heterocycles. The van der Waals surface area contributed by atoms with Crippen molar-refractivity contribution in [2.24, 2.45) is 0 Å². The zero-order chi connectivity index (χ0) is 18.2. The van der Waals surface area contributed by atoms with E-state index >= 15 is 0 Å². The molecule has 1 heterocycles. The summed E-state index contributed by atoms with van der Waals surface area (Å²) in [5.74, 6) is 0.188. The predicted octanol–water partition coefficient (Wildman–Crippen LogP) is 1.18. The molecule has 0 aliphatic carbocycles. The average Bonchev–Trinajstić information content (AvgIpc) is 2.63. The minimum absolute atomic E-state index is 0.0255. The molecule has 1 aromatic carbocycles. The molecule has 0 unspecified atom stereocenters. The van der Waals surface area contributed by atoms with Crippen LogP contribution in [0.15, 0.2) is 24.3 Å². The van der Waals surface area contributed by atoms with E-state index in [1.54, 1.807) is 4.90 Å². The fraction of sp³-hybridized carbons (Fsp3) is 0.500. The molecule has 0 spiro atoms. The van der Waals surface area contributed by atoms with E-state index in [1.807, 2.05) is 38.1 Å². The molecule has 0 saturated heterocycles. The smallest absolute Gasteiger partial charge is 0.239 e. The van der Waals surface area contributed by atoms with Gasteiger partial charge in [-0.3, -0.25) is 14.4 Å². The van der Waals surface area contributed by atoms with Gasteiger partial charge in [-0.1, -0.05) is 12.1 Å². The van der Waals surface area contributed by atoms with Crippen LogP contribution in [0.1, 0.15) is 26.7 Å². The molecule has 1 N–H and O–H groups in total. The second kappa shape index (κ2) is 9.05. The number of rotatable bonds is 7. The van der Waals surface area contributed by atoms with Crippen molar-refractivity contribution in [1.82, 2.24) is 10.2 Å². The number of para-hydroxylation sites is 2. The van der Waals surface area contributed by atoms with Gasteiger partial charge in [0.2, 0.25) is 17.7 Å². The van der Waals surface area contributed by atoms with E-state index in [9.17, 15) is 14.4 Å². The van der Waals surface area contributed by atoms with Gasteiger partial charge in [0.1, 0.15) is 12.4 Å². The number of nitrogens with one attached hydrogen (secondary N) is 1. The van der Waals surface area contributed by atoms with Crippen molar-refractivity contribution in [1.29, 1.82) is 0 Å². The molecule has 0 fully saturated rings. The highest BCUT2D eigenvalue weighted by Crippen LogP contribution is 2.31. The number of anilines is 1. The van der Waals surface area contributed by atoms with Crippen molar-refractivity contribution in [2.75, 3.05) is 37.7 Å². The highest BCUT2D eigenvalue weighted by atomic mass is 16.5. The second-order valence-electron chi connectivity index (χ2n) is 5.72. The number of ether oxygens (including phenoxy) is 1. The Morgan fingerprint density at radius 2 is 1.96 bits per heavy atom. The highest BCUT2D eigenvalue weighted by Gasteiger charge is 2.24. The summed E-state index contributed by atoms with van der Waals surface area (Å²) in [7, 11) is 0. The van der Waals surface area contributed by atoms with E-state index < -0.39 is 0 Å². The van der Waals surface area contributed by atoms with Crippen LogP contribution in [-0.2, 0) is 14.4 Å². The zero-order valence-corrected chi connectivity index (χ0v) is 14.8. The van der Waals surface area contributed by atoms with E-state index in [1.165, 1.54) is 4.90 Å². The topological polar surface area (TPSA) is 79.0 Å². The molecule has 0 radical (unpaired) electrons. The van der Waals surface area contributed by atoms with Crippen molar-refractivity contribution in [3.63, 3.8) is 0 Å². The monoisotopic (exact) mass is 347 g/mol. The number of benzene rings is 1. The first kappa shape index (κ1) is 18.8. The summed E-state index contributed by atoms with van der Waals surface area (Å²) in [4.78, 5) is 39.6. The number of hydrogen-bond acceptors (Lipinski definition) is 4. The van der Waals surface area contributed by atoms with Crippen LogP contribution in [0.25, 0.3) is 0 Å². The molecule has 0 saturated carbocycles. The number of hydrogen-bond donors (Lipinski definition) is 1. The SMILES string of the molecule is CCNC(=O)CN(CC)C(=O)CCC(=O)N1CCOc2ccccc21. The molecule has 1 aliphatic rings. The third-order valence-corrected chi connectivity index (χ3v) is 4.03. The number of likely N-dealkylation sites (N-methyl/N-ethyl adjacent to an activating group) is 2. The summed E-state index contributed by atoms with van der Waals surface area (Å²) < 4.78 is 5.54. The molecular formula is C18H25N3O4. The standard InChI is InChI=1S/C18H25N3O4/c1-3-19-16(22)13-20(4-2)17(23)9-10-18(24)21-11-12-25-15-8-6-5-7-14(15)21/h5-8H,3-4,9-13H2,1-2H3,(H,19,22). The van der Waals surface area contributed by atoms with Crippen LogP contribution in [0.4, 0.5) is 5.69 Å². The lowest BCUT2D eigenvalue weighted by Gasteiger charge is -2.29. The summed E-state index contributed by atoms with van der Waals surface area (Å²) >= 11 is 0. The highest BCUT2D eigenvalue weighted by molar-refractivity contribution is 5.97. The van der Waals surface area contributed by atoms with Gasteiger partial charge >= 0.3 is 0 Å². The molecule has 7 heteroatoms. The molecule has 2 rings (SSSR count). The maximum absolute atomic E-state index is 12.5. The Labute approximate surface area is 147 Å². The van der Waals surface area contributed by atoms with Crippen LogP contribution < -0.4 is 15.0 Å². The summed E-state index contributed by atoms with van der Waals surface area (Å²) in [6.07, 6.45) is 0.199. The van der Waals surface area contributed by atoms with Crippen LogP contribution in [0, 0.1) is 0 Å². The molecule has 7 nitrogen and oxygen atoms in total. The molecule has 0 bridgehead atoms. The molecular weight excluding hydrogens is 322 g/mol. The lowest BCUT2D eigenvalue weighted by molar-refractivity contribution is -0.136. The minimum atomic E-state index is -0.191. The Kier molecular flexibility index (Phi) is 6.80. The van der Waals surface area contributed by atoms with E-state index in [-0.39, 0.29) is 37.1 Å². The van der Waals surface area contributed by atoms with Crippen molar-refractivity contribution in [3.05, 3.63) is 24.3 Å². The Bertz CT molecular complexity index is 633. The summed E-state index contributed by atoms with van der Waals surface area (Å²) in [6, 6.07) is 7.37. The normalized spacial score (nSPS) is 12.8. The fourth-order valence-corrected chi connectivity index (χ4v) is 2.74. The van der Waals surface area contributed by atoms with Crippen LogP contribution in [0.5, 0.6) is 5.75 Å². The van der Waals surface area contributed by atoms with Crippen LogP contribution >= 0.6 is 0 Å². The lowest BCUT2D eigenvalue weighted by Crippen LogP contribution is -2.41. The molecule has 1 aromatic rings. The van der Waals surface area contributed by atoms with E-state index in [4.69, 9.17) is 4.74 Å². The van der Waals surface area contributed by atoms with Gasteiger partial charge in [0.05, 0.1) is 18.8 Å². The van der Waals surface area contributed by atoms with Crippen molar-refractivity contribution >= 4 is 23.4 Å². The molecule has 3 amide bonds. The van der Waals surface area contributed by atoms with Crippen LogP contribution in [0.2, 0.25) is 0 Å². The zero-order valence-electron chi connectivity index (χ0n) is 14.8. The van der Waals surface area contributed by atoms with Crippen LogP contribution in [-0.4, -0.2) is 55.4 Å². The summed E-state index contributed by atoms with van der Waals surface area (Å²) in [5.41, 5.74) is 0.737. The number of amides is 3. The fourth-order valence-electron chi connectivity index (χ4n) is 2.74. The van der Waals surface area contributed by atoms with Crippen LogP contribution in [0.3, 0.4) is 0 Å². The van der Waals surface area contributed by atoms with Gasteiger partial charge in [0, 0.05) is 25.9 Å². The van der Waals surface area contributed by atoms with E-state index in [0.717, 1.165) is 5.69 Å². The number of fused-ring (bicyclic) bond motifs is 1. The summed E-state index contributed by atoms with van der Waals surface area (Å²) in [5, 5.41) is 2.67. The van der Waals surface area contributed by atoms with E-state index in [0.29, 0.717) is 32.0 Å². The Balaban J connectivity index is 1.91. The Morgan fingerprint density at radius 1 is 1.20 bits per heavy atom. The minimum Gasteiger partial charge on any atom is -0.490 e. The quantitative estimate of drug-likeness (QED) is 0.803. The van der Waals surface area contributed by atoms with Gasteiger partial charge in [-0.2, -0.15) is 0 Å². The van der Waals surface area contributed by atoms with Crippen molar-refractivity contribution < 1.29 is 19.1 Å². The molecule has 1 aliphatic heterocycles. The molecule has 136 valence electrons. The van der Waals surface area contributed by atoms with Gasteiger partial charge < -0.3 is 19.9 Å². The van der Waals surface area contributed by atoms with Gasteiger partial charge in [-0.25, -0.2) is 0 Å². The van der Waals surface area contributed by atoms with Crippen molar-refractivity contribution in [3.8, 4) is 5.75 Å². The Hall–Kier alpha value is -2.57. The maximum atomic E-state index is 12.5. The molecule has 25 heavy (non-hydrogen) atoms. The predicted molar refractivity (Wildman–Crippen MR) is 94.5 cm³/mol. The van der Waals surface area contributed by atoms with Crippen molar-refractivity contribution in [2.45, 2.75) is 26.7 Å².